The van der Waals surface area contributed by atoms with Gasteiger partial charge in [0, 0.05) is 22.8 Å². The number of primary amides is 1. The molecule has 0 aromatic carbocycles. The molecule has 0 radical (unpaired) electrons. The molecule has 3 aromatic heterocycles. The molecule has 23 heavy (non-hydrogen) atoms. The van der Waals surface area contributed by atoms with E-state index in [9.17, 15) is 4.79 Å². The summed E-state index contributed by atoms with van der Waals surface area (Å²) in [6, 6.07) is 3.78. The number of carbonyl (C=O) groups excluding carboxylic acids is 1. The molecule has 0 fully saturated rings. The van der Waals surface area contributed by atoms with Gasteiger partial charge in [0.25, 0.3) is 0 Å². The van der Waals surface area contributed by atoms with Crippen LogP contribution >= 0.6 is 11.3 Å². The largest absolute Gasteiger partial charge is 0.368 e. The Balaban J connectivity index is 1.89. The van der Waals surface area contributed by atoms with E-state index >= 15 is 0 Å². The van der Waals surface area contributed by atoms with Crippen LogP contribution in [0.5, 0.6) is 0 Å². The van der Waals surface area contributed by atoms with Crippen LogP contribution in [0.4, 0.5) is 5.82 Å². The first kappa shape index (κ1) is 14.1. The minimum absolute atomic E-state index is 0.0587. The van der Waals surface area contributed by atoms with Crippen molar-refractivity contribution >= 4 is 33.3 Å². The van der Waals surface area contributed by atoms with Gasteiger partial charge in [-0.05, 0) is 37.0 Å². The summed E-state index contributed by atoms with van der Waals surface area (Å²) >= 11 is 1.72. The normalized spacial score (nSPS) is 13.2. The van der Waals surface area contributed by atoms with Crippen molar-refractivity contribution in [1.29, 1.82) is 0 Å². The Morgan fingerprint density at radius 3 is 3.04 bits per heavy atom. The average molecular weight is 325 g/mol. The molecule has 1 aliphatic rings. The zero-order valence-electron chi connectivity index (χ0n) is 12.4. The summed E-state index contributed by atoms with van der Waals surface area (Å²) in [5, 5.41) is 4.11. The van der Waals surface area contributed by atoms with Crippen molar-refractivity contribution in [3.8, 4) is 11.4 Å². The van der Waals surface area contributed by atoms with Crippen LogP contribution in [0.1, 0.15) is 16.9 Å². The van der Waals surface area contributed by atoms with Crippen LogP contribution in [0, 0.1) is 0 Å². The number of pyridine rings is 1. The molecule has 3 N–H and O–H groups in total. The summed E-state index contributed by atoms with van der Waals surface area (Å²) in [4.78, 5) is 26.9. The lowest BCUT2D eigenvalue weighted by molar-refractivity contribution is -0.116. The molecule has 4 rings (SSSR count). The highest BCUT2D eigenvalue weighted by molar-refractivity contribution is 7.19. The quantitative estimate of drug-likeness (QED) is 0.766. The van der Waals surface area contributed by atoms with Gasteiger partial charge in [-0.15, -0.1) is 11.3 Å². The number of hydrogen-bond acceptors (Lipinski definition) is 6. The number of rotatable bonds is 4. The number of thiophene rings is 1. The lowest BCUT2D eigenvalue weighted by Crippen LogP contribution is -2.22. The van der Waals surface area contributed by atoms with Gasteiger partial charge in [-0.25, -0.2) is 9.97 Å². The van der Waals surface area contributed by atoms with Crippen molar-refractivity contribution in [1.82, 2.24) is 15.0 Å². The van der Waals surface area contributed by atoms with Crippen LogP contribution in [0.15, 0.2) is 24.5 Å². The van der Waals surface area contributed by atoms with Crippen LogP contribution < -0.4 is 11.1 Å². The molecule has 7 heteroatoms. The molecule has 0 unspecified atom stereocenters. The van der Waals surface area contributed by atoms with E-state index in [-0.39, 0.29) is 6.54 Å². The molecular weight excluding hydrogens is 310 g/mol. The van der Waals surface area contributed by atoms with Crippen LogP contribution in [-0.4, -0.2) is 27.4 Å². The van der Waals surface area contributed by atoms with Crippen molar-refractivity contribution < 1.29 is 4.79 Å². The molecule has 0 saturated carbocycles. The van der Waals surface area contributed by atoms with E-state index in [1.165, 1.54) is 10.4 Å². The van der Waals surface area contributed by atoms with E-state index in [4.69, 9.17) is 10.7 Å². The highest BCUT2D eigenvalue weighted by atomic mass is 32.1. The summed E-state index contributed by atoms with van der Waals surface area (Å²) in [7, 11) is 0. The molecule has 3 heterocycles. The molecule has 0 aliphatic heterocycles. The zero-order chi connectivity index (χ0) is 15.8. The first-order valence-corrected chi connectivity index (χ1v) is 8.29. The Morgan fingerprint density at radius 2 is 2.26 bits per heavy atom. The number of carbonyl (C=O) groups is 1. The lowest BCUT2D eigenvalue weighted by atomic mass is 10.2. The van der Waals surface area contributed by atoms with Crippen LogP contribution in [0.2, 0.25) is 0 Å². The fourth-order valence-electron chi connectivity index (χ4n) is 2.92. The molecular formula is C16H15N5OS. The zero-order valence-corrected chi connectivity index (χ0v) is 13.2. The number of nitrogens with one attached hydrogen (secondary N) is 1. The van der Waals surface area contributed by atoms with Crippen molar-refractivity contribution in [2.75, 3.05) is 11.9 Å². The predicted molar refractivity (Wildman–Crippen MR) is 90.4 cm³/mol. The first-order valence-electron chi connectivity index (χ1n) is 7.47. The second-order valence-corrected chi connectivity index (χ2v) is 6.58. The topological polar surface area (TPSA) is 93.8 Å². The number of amides is 1. The van der Waals surface area contributed by atoms with Crippen LogP contribution in [0.3, 0.4) is 0 Å². The maximum atomic E-state index is 11.1. The third kappa shape index (κ3) is 2.53. The molecule has 0 bridgehead atoms. The SMILES string of the molecule is NC(=O)CNc1nc(-c2cccnc2)nc2sc3c(c12)CCC3. The number of nitrogens with zero attached hydrogens (tertiary/aromatic N) is 3. The molecule has 1 aliphatic carbocycles. The molecule has 116 valence electrons. The number of aryl methyl sites for hydroxylation is 2. The number of fused-ring (bicyclic) bond motifs is 3. The van der Waals surface area contributed by atoms with E-state index in [1.54, 1.807) is 23.7 Å². The summed E-state index contributed by atoms with van der Waals surface area (Å²) < 4.78 is 0. The Bertz CT molecular complexity index is 890. The Labute approximate surface area is 136 Å². The lowest BCUT2D eigenvalue weighted by Gasteiger charge is -2.08. The average Bonchev–Trinajstić information content (AvgIpc) is 3.13. The molecule has 0 spiro atoms. The number of nitrogens with two attached hydrogens (primary N) is 1. The van der Waals surface area contributed by atoms with Crippen molar-refractivity contribution in [3.63, 3.8) is 0 Å². The van der Waals surface area contributed by atoms with Gasteiger partial charge < -0.3 is 11.1 Å². The van der Waals surface area contributed by atoms with Gasteiger partial charge in [0.2, 0.25) is 5.91 Å². The highest BCUT2D eigenvalue weighted by Gasteiger charge is 2.22. The predicted octanol–water partition coefficient (Wildman–Crippen LogP) is 2.14. The Morgan fingerprint density at radius 1 is 1.35 bits per heavy atom. The van der Waals surface area contributed by atoms with Gasteiger partial charge in [-0.1, -0.05) is 0 Å². The first-order chi connectivity index (χ1) is 11.2. The second kappa shape index (κ2) is 5.58. The summed E-state index contributed by atoms with van der Waals surface area (Å²) in [6.07, 6.45) is 6.75. The second-order valence-electron chi connectivity index (χ2n) is 5.49. The van der Waals surface area contributed by atoms with E-state index in [1.807, 2.05) is 12.1 Å². The van der Waals surface area contributed by atoms with Gasteiger partial charge in [0.05, 0.1) is 11.9 Å². The maximum Gasteiger partial charge on any atom is 0.236 e. The van der Waals surface area contributed by atoms with Gasteiger partial charge in [-0.3, -0.25) is 9.78 Å². The minimum atomic E-state index is -0.411. The number of anilines is 1. The number of aromatic nitrogens is 3. The molecule has 3 aromatic rings. The highest BCUT2D eigenvalue weighted by Crippen LogP contribution is 2.40. The smallest absolute Gasteiger partial charge is 0.236 e. The monoisotopic (exact) mass is 325 g/mol. The van der Waals surface area contributed by atoms with Crippen LogP contribution in [0.25, 0.3) is 21.6 Å². The van der Waals surface area contributed by atoms with E-state index in [0.29, 0.717) is 11.6 Å². The fraction of sp³-hybridized carbons (Fsp3) is 0.250. The van der Waals surface area contributed by atoms with E-state index in [0.717, 1.165) is 35.0 Å². The molecule has 0 atom stereocenters. The van der Waals surface area contributed by atoms with Gasteiger partial charge in [0.15, 0.2) is 5.82 Å². The summed E-state index contributed by atoms with van der Waals surface area (Å²) in [5.74, 6) is 0.885. The van der Waals surface area contributed by atoms with Crippen molar-refractivity contribution in [3.05, 3.63) is 35.0 Å². The molecule has 1 amide bonds. The third-order valence-electron chi connectivity index (χ3n) is 3.91. The van der Waals surface area contributed by atoms with Gasteiger partial charge in [-0.2, -0.15) is 0 Å². The minimum Gasteiger partial charge on any atom is -0.368 e. The standard InChI is InChI=1S/C16H15N5OS/c17-12(22)8-19-15-13-10-4-1-5-11(10)23-16(13)21-14(20-15)9-3-2-6-18-7-9/h2-3,6-7H,1,4-5,8H2,(H2,17,22)(H,19,20,21). The van der Waals surface area contributed by atoms with Gasteiger partial charge >= 0.3 is 0 Å². The van der Waals surface area contributed by atoms with Crippen LogP contribution in [-0.2, 0) is 17.6 Å². The van der Waals surface area contributed by atoms with Gasteiger partial charge in [0.1, 0.15) is 10.6 Å². The fourth-order valence-corrected chi connectivity index (χ4v) is 4.18. The molecule has 0 saturated heterocycles. The van der Waals surface area contributed by atoms with Crippen molar-refractivity contribution in [2.45, 2.75) is 19.3 Å². The van der Waals surface area contributed by atoms with E-state index < -0.39 is 5.91 Å². The molecule has 6 nitrogen and oxygen atoms in total. The van der Waals surface area contributed by atoms with Crippen molar-refractivity contribution in [2.24, 2.45) is 5.73 Å². The van der Waals surface area contributed by atoms with E-state index in [2.05, 4.69) is 15.3 Å². The third-order valence-corrected chi connectivity index (χ3v) is 5.10. The summed E-state index contributed by atoms with van der Waals surface area (Å²) in [5.41, 5.74) is 7.44. The maximum absolute atomic E-state index is 11.1. The summed E-state index contributed by atoms with van der Waals surface area (Å²) in [6.45, 7) is 0.0587. The number of hydrogen-bond donors (Lipinski definition) is 2. The Kier molecular flexibility index (Phi) is 3.42. The Hall–Kier alpha value is -2.54.